The molecule has 1 aromatic carbocycles. The maximum absolute atomic E-state index is 13.2. The van der Waals surface area contributed by atoms with Gasteiger partial charge < -0.3 is 5.11 Å². The number of nitrogens with one attached hydrogen (secondary N) is 1. The summed E-state index contributed by atoms with van der Waals surface area (Å²) in [5, 5.41) is 13.6. The molecule has 1 atom stereocenters. The highest BCUT2D eigenvalue weighted by atomic mass is 32.2. The quantitative estimate of drug-likeness (QED) is 0.856. The molecule has 0 aliphatic carbocycles. The first-order chi connectivity index (χ1) is 9.90. The third-order valence-electron chi connectivity index (χ3n) is 3.08. The van der Waals surface area contributed by atoms with Crippen molar-refractivity contribution >= 4 is 21.4 Å². The molecule has 4 nitrogen and oxygen atoms in total. The van der Waals surface area contributed by atoms with Crippen LogP contribution in [0, 0.1) is 12.7 Å². The van der Waals surface area contributed by atoms with Gasteiger partial charge in [-0.2, -0.15) is 11.3 Å². The summed E-state index contributed by atoms with van der Waals surface area (Å²) >= 11 is 1.47. The number of benzene rings is 1. The first kappa shape index (κ1) is 16.1. The van der Waals surface area contributed by atoms with Crippen molar-refractivity contribution in [1.82, 2.24) is 4.72 Å². The Labute approximate surface area is 127 Å². The van der Waals surface area contributed by atoms with Crippen molar-refractivity contribution in [2.75, 3.05) is 6.54 Å². The molecule has 2 rings (SSSR count). The van der Waals surface area contributed by atoms with Crippen molar-refractivity contribution in [2.24, 2.45) is 0 Å². The molecule has 1 heterocycles. The van der Waals surface area contributed by atoms with Gasteiger partial charge in [-0.05, 0) is 59.5 Å². The fourth-order valence-electron chi connectivity index (χ4n) is 1.83. The van der Waals surface area contributed by atoms with Gasteiger partial charge in [0.2, 0.25) is 10.0 Å². The number of thiophene rings is 1. The van der Waals surface area contributed by atoms with E-state index in [-0.39, 0.29) is 23.4 Å². The number of sulfonamides is 1. The lowest BCUT2D eigenvalue weighted by molar-refractivity contribution is 0.169. The molecule has 7 heteroatoms. The van der Waals surface area contributed by atoms with Crippen molar-refractivity contribution < 1.29 is 17.9 Å². The molecule has 0 saturated carbocycles. The summed E-state index contributed by atoms with van der Waals surface area (Å²) in [6, 6.07) is 5.43. The number of aliphatic hydroxyl groups is 1. The van der Waals surface area contributed by atoms with Crippen LogP contribution in [0.2, 0.25) is 0 Å². The van der Waals surface area contributed by atoms with Gasteiger partial charge in [-0.3, -0.25) is 0 Å². The van der Waals surface area contributed by atoms with Gasteiger partial charge in [0.15, 0.2) is 0 Å². The van der Waals surface area contributed by atoms with Crippen LogP contribution in [-0.2, 0) is 10.0 Å². The smallest absolute Gasteiger partial charge is 0.240 e. The van der Waals surface area contributed by atoms with Crippen LogP contribution in [0.4, 0.5) is 4.39 Å². The molecule has 0 aliphatic heterocycles. The SMILES string of the molecule is Cc1cc(S(=O)(=O)NCC[C@@H](O)c2ccsc2)ccc1F. The molecule has 0 radical (unpaired) electrons. The summed E-state index contributed by atoms with van der Waals surface area (Å²) < 4.78 is 39.7. The van der Waals surface area contributed by atoms with Crippen molar-refractivity contribution in [1.29, 1.82) is 0 Å². The first-order valence-electron chi connectivity index (χ1n) is 6.36. The standard InChI is InChI=1S/C14H16FNO3S2/c1-10-8-12(2-3-13(10)15)21(18,19)16-6-4-14(17)11-5-7-20-9-11/h2-3,5,7-9,14,16-17H,4,6H2,1H3/t14-/m1/s1. The van der Waals surface area contributed by atoms with Gasteiger partial charge in [0.05, 0.1) is 11.0 Å². The molecule has 0 amide bonds. The van der Waals surface area contributed by atoms with E-state index >= 15 is 0 Å². The van der Waals surface area contributed by atoms with E-state index in [2.05, 4.69) is 4.72 Å². The molecular weight excluding hydrogens is 313 g/mol. The molecule has 0 bridgehead atoms. The molecule has 0 unspecified atom stereocenters. The highest BCUT2D eigenvalue weighted by Gasteiger charge is 2.16. The van der Waals surface area contributed by atoms with Crippen molar-refractivity contribution in [3.8, 4) is 0 Å². The Hall–Kier alpha value is -1.28. The van der Waals surface area contributed by atoms with Crippen LogP contribution in [0.25, 0.3) is 0 Å². The van der Waals surface area contributed by atoms with Gasteiger partial charge in [0.25, 0.3) is 0 Å². The fourth-order valence-corrected chi connectivity index (χ4v) is 3.67. The average molecular weight is 329 g/mol. The molecule has 0 fully saturated rings. The topological polar surface area (TPSA) is 66.4 Å². The predicted molar refractivity (Wildman–Crippen MR) is 80.2 cm³/mol. The van der Waals surface area contributed by atoms with Crippen LogP contribution in [0.5, 0.6) is 0 Å². The van der Waals surface area contributed by atoms with Gasteiger partial charge in [-0.25, -0.2) is 17.5 Å². The molecule has 21 heavy (non-hydrogen) atoms. The van der Waals surface area contributed by atoms with Gasteiger partial charge >= 0.3 is 0 Å². The van der Waals surface area contributed by atoms with Gasteiger partial charge in [-0.15, -0.1) is 0 Å². The Balaban J connectivity index is 1.96. The third-order valence-corrected chi connectivity index (χ3v) is 5.24. The van der Waals surface area contributed by atoms with Crippen LogP contribution in [0.1, 0.15) is 23.7 Å². The average Bonchev–Trinajstić information content (AvgIpc) is 2.95. The molecule has 0 aliphatic rings. The highest BCUT2D eigenvalue weighted by Crippen LogP contribution is 2.19. The van der Waals surface area contributed by atoms with Crippen molar-refractivity contribution in [3.63, 3.8) is 0 Å². The number of hydrogen-bond donors (Lipinski definition) is 2. The Kier molecular flexibility index (Phi) is 5.10. The summed E-state index contributed by atoms with van der Waals surface area (Å²) in [6.45, 7) is 1.62. The minimum absolute atomic E-state index is 0.0198. The maximum Gasteiger partial charge on any atom is 0.240 e. The lowest BCUT2D eigenvalue weighted by Crippen LogP contribution is -2.26. The van der Waals surface area contributed by atoms with E-state index in [1.165, 1.54) is 30.4 Å². The van der Waals surface area contributed by atoms with Gasteiger partial charge in [0.1, 0.15) is 5.82 Å². The fraction of sp³-hybridized carbons (Fsp3) is 0.286. The van der Waals surface area contributed by atoms with Crippen LogP contribution >= 0.6 is 11.3 Å². The Morgan fingerprint density at radius 2 is 2.14 bits per heavy atom. The largest absolute Gasteiger partial charge is 0.388 e. The minimum atomic E-state index is -3.69. The minimum Gasteiger partial charge on any atom is -0.388 e. The van der Waals surface area contributed by atoms with E-state index in [0.717, 1.165) is 11.6 Å². The highest BCUT2D eigenvalue weighted by molar-refractivity contribution is 7.89. The molecular formula is C14H16FNO3S2. The van der Waals surface area contributed by atoms with Crippen LogP contribution in [0.15, 0.2) is 39.9 Å². The van der Waals surface area contributed by atoms with E-state index in [9.17, 15) is 17.9 Å². The number of halogens is 1. The molecule has 2 N–H and O–H groups in total. The van der Waals surface area contributed by atoms with E-state index in [1.807, 2.05) is 10.8 Å². The summed E-state index contributed by atoms with van der Waals surface area (Å²) in [5.74, 6) is -0.443. The summed E-state index contributed by atoms with van der Waals surface area (Å²) in [5.41, 5.74) is 1.05. The molecule has 0 saturated heterocycles. The number of aryl methyl sites for hydroxylation is 1. The molecule has 2 aromatic rings. The summed E-state index contributed by atoms with van der Waals surface area (Å²) in [7, 11) is -3.69. The molecule has 114 valence electrons. The number of rotatable bonds is 6. The maximum atomic E-state index is 13.2. The van der Waals surface area contributed by atoms with Gasteiger partial charge in [-0.1, -0.05) is 0 Å². The summed E-state index contributed by atoms with van der Waals surface area (Å²) in [6.07, 6.45) is -0.426. The monoisotopic (exact) mass is 329 g/mol. The van der Waals surface area contributed by atoms with E-state index in [0.29, 0.717) is 0 Å². The zero-order chi connectivity index (χ0) is 15.5. The van der Waals surface area contributed by atoms with Crippen LogP contribution < -0.4 is 4.72 Å². The predicted octanol–water partition coefficient (Wildman–Crippen LogP) is 2.60. The molecule has 0 spiro atoms. The van der Waals surface area contributed by atoms with E-state index < -0.39 is 21.9 Å². The molecule has 1 aromatic heterocycles. The zero-order valence-corrected chi connectivity index (χ0v) is 13.0. The van der Waals surface area contributed by atoms with Gasteiger partial charge in [0, 0.05) is 6.54 Å². The second-order valence-corrected chi connectivity index (χ2v) is 7.22. The number of hydrogen-bond acceptors (Lipinski definition) is 4. The zero-order valence-electron chi connectivity index (χ0n) is 11.4. The third kappa shape index (κ3) is 4.10. The van der Waals surface area contributed by atoms with E-state index in [1.54, 1.807) is 6.07 Å². The summed E-state index contributed by atoms with van der Waals surface area (Å²) in [4.78, 5) is 0.0198. The number of aliphatic hydroxyl groups excluding tert-OH is 1. The van der Waals surface area contributed by atoms with Crippen molar-refractivity contribution in [3.05, 3.63) is 52.0 Å². The lowest BCUT2D eigenvalue weighted by atomic mass is 10.1. The van der Waals surface area contributed by atoms with Crippen LogP contribution in [0.3, 0.4) is 0 Å². The Bertz CT molecular complexity index is 699. The second kappa shape index (κ2) is 6.65. The van der Waals surface area contributed by atoms with E-state index in [4.69, 9.17) is 0 Å². The lowest BCUT2D eigenvalue weighted by Gasteiger charge is -2.11. The first-order valence-corrected chi connectivity index (χ1v) is 8.79. The normalized spacial score (nSPS) is 13.3. The Morgan fingerprint density at radius 3 is 2.76 bits per heavy atom. The van der Waals surface area contributed by atoms with Crippen molar-refractivity contribution in [2.45, 2.75) is 24.3 Å². The second-order valence-electron chi connectivity index (χ2n) is 4.67. The Morgan fingerprint density at radius 1 is 1.38 bits per heavy atom. The van der Waals surface area contributed by atoms with Crippen LogP contribution in [-0.4, -0.2) is 20.1 Å².